The van der Waals surface area contributed by atoms with Gasteiger partial charge in [0.15, 0.2) is 6.04 Å². The number of hydrogen-bond donors (Lipinski definition) is 0. The number of ether oxygens (including phenoxy) is 2. The van der Waals surface area contributed by atoms with Crippen molar-refractivity contribution in [2.24, 2.45) is 0 Å². The van der Waals surface area contributed by atoms with Crippen LogP contribution in [0.15, 0.2) is 54.6 Å². The maximum Gasteiger partial charge on any atom is 0.331 e. The number of esters is 1. The van der Waals surface area contributed by atoms with Gasteiger partial charge in [-0.2, -0.15) is 0 Å². The number of nitrogens with zero attached hydrogens (tertiary/aromatic N) is 1. The number of hydrogen-bond acceptors (Lipinski definition) is 4. The molecule has 0 unspecified atom stereocenters. The molecule has 1 aliphatic rings. The molecule has 21 heavy (non-hydrogen) atoms. The van der Waals surface area contributed by atoms with Crippen molar-refractivity contribution in [3.8, 4) is 5.75 Å². The molecule has 0 amide bonds. The molecule has 0 bridgehead atoms. The first-order valence-corrected chi connectivity index (χ1v) is 6.81. The highest BCUT2D eigenvalue weighted by molar-refractivity contribution is 5.88. The van der Waals surface area contributed by atoms with E-state index in [9.17, 15) is 4.79 Å². The van der Waals surface area contributed by atoms with Gasteiger partial charge >= 0.3 is 5.97 Å². The van der Waals surface area contributed by atoms with Crippen molar-refractivity contribution in [3.05, 3.63) is 60.2 Å². The van der Waals surface area contributed by atoms with Gasteiger partial charge in [0, 0.05) is 5.69 Å². The van der Waals surface area contributed by atoms with Crippen LogP contribution in [0.25, 0.3) is 0 Å². The number of anilines is 1. The second-order valence-electron chi connectivity index (χ2n) is 4.93. The Morgan fingerprint density at radius 1 is 1.00 bits per heavy atom. The van der Waals surface area contributed by atoms with Gasteiger partial charge in [-0.3, -0.25) is 0 Å². The van der Waals surface area contributed by atoms with Gasteiger partial charge in [0.05, 0.1) is 20.3 Å². The third-order valence-electron chi connectivity index (χ3n) is 3.76. The van der Waals surface area contributed by atoms with Crippen molar-refractivity contribution < 1.29 is 14.3 Å². The molecular formula is C17H17NO3. The lowest BCUT2D eigenvalue weighted by Crippen LogP contribution is -2.13. The maximum absolute atomic E-state index is 12.0. The van der Waals surface area contributed by atoms with E-state index in [1.54, 1.807) is 7.11 Å². The van der Waals surface area contributed by atoms with Crippen LogP contribution in [-0.4, -0.2) is 26.2 Å². The monoisotopic (exact) mass is 283 g/mol. The molecule has 0 aliphatic carbocycles. The van der Waals surface area contributed by atoms with Gasteiger partial charge in [0.25, 0.3) is 0 Å². The van der Waals surface area contributed by atoms with Crippen LogP contribution in [0.4, 0.5) is 5.69 Å². The van der Waals surface area contributed by atoms with Gasteiger partial charge in [0.1, 0.15) is 5.75 Å². The van der Waals surface area contributed by atoms with Gasteiger partial charge in [-0.1, -0.05) is 30.3 Å². The highest BCUT2D eigenvalue weighted by Crippen LogP contribution is 2.47. The minimum atomic E-state index is -0.259. The van der Waals surface area contributed by atoms with Crippen LogP contribution < -0.4 is 9.64 Å². The molecule has 0 spiro atoms. The summed E-state index contributed by atoms with van der Waals surface area (Å²) in [5.74, 6) is 0.597. The van der Waals surface area contributed by atoms with E-state index in [1.165, 1.54) is 7.11 Å². The van der Waals surface area contributed by atoms with Gasteiger partial charge in [0.2, 0.25) is 0 Å². The molecule has 108 valence electrons. The average molecular weight is 283 g/mol. The van der Waals surface area contributed by atoms with Crippen LogP contribution >= 0.6 is 0 Å². The Hall–Kier alpha value is -2.49. The maximum atomic E-state index is 12.0. The highest BCUT2D eigenvalue weighted by Gasteiger charge is 2.54. The molecule has 0 aromatic heterocycles. The molecule has 1 heterocycles. The SMILES string of the molecule is COC(=O)[C@H]1[C@H](c2ccc(OC)cc2)N1c1ccccc1. The molecule has 2 aromatic carbocycles. The summed E-state index contributed by atoms with van der Waals surface area (Å²) in [4.78, 5) is 14.0. The summed E-state index contributed by atoms with van der Waals surface area (Å²) in [6.07, 6.45) is 0. The molecule has 0 saturated carbocycles. The summed E-state index contributed by atoms with van der Waals surface area (Å²) in [5, 5.41) is 0. The topological polar surface area (TPSA) is 38.5 Å². The third-order valence-corrected chi connectivity index (χ3v) is 3.76. The van der Waals surface area contributed by atoms with E-state index in [-0.39, 0.29) is 18.1 Å². The first-order chi connectivity index (χ1) is 10.3. The average Bonchev–Trinajstić information content (AvgIpc) is 3.30. The first kappa shape index (κ1) is 13.5. The van der Waals surface area contributed by atoms with Gasteiger partial charge in [-0.05, 0) is 29.8 Å². The Kier molecular flexibility index (Phi) is 3.52. The summed E-state index contributed by atoms with van der Waals surface area (Å²) in [6.45, 7) is 0. The van der Waals surface area contributed by atoms with E-state index in [4.69, 9.17) is 9.47 Å². The minimum absolute atomic E-state index is 0.0192. The Bertz CT molecular complexity index is 624. The van der Waals surface area contributed by atoms with Crippen molar-refractivity contribution in [3.63, 3.8) is 0 Å². The zero-order chi connectivity index (χ0) is 14.8. The predicted octanol–water partition coefficient (Wildman–Crippen LogP) is 2.80. The van der Waals surface area contributed by atoms with Gasteiger partial charge in [-0.25, -0.2) is 4.79 Å². The standard InChI is InChI=1S/C17H17NO3/c1-20-14-10-8-12(9-11-14)15-16(17(19)21-2)18(15)13-6-4-3-5-7-13/h3-11,15-16H,1-2H3/t15-,16+,18?/m0/s1. The summed E-state index contributed by atoms with van der Waals surface area (Å²) < 4.78 is 10.1. The number of carbonyl (C=O) groups is 1. The fourth-order valence-electron chi connectivity index (χ4n) is 2.66. The number of para-hydroxylation sites is 1. The molecule has 1 aliphatic heterocycles. The van der Waals surface area contributed by atoms with E-state index >= 15 is 0 Å². The van der Waals surface area contributed by atoms with Crippen LogP contribution in [0.3, 0.4) is 0 Å². The van der Waals surface area contributed by atoms with Crippen molar-refractivity contribution in [2.75, 3.05) is 19.1 Å². The lowest BCUT2D eigenvalue weighted by atomic mass is 10.1. The van der Waals surface area contributed by atoms with Crippen LogP contribution in [0.2, 0.25) is 0 Å². The lowest BCUT2D eigenvalue weighted by Gasteiger charge is -2.06. The van der Waals surface area contributed by atoms with E-state index in [1.807, 2.05) is 54.6 Å². The van der Waals surface area contributed by atoms with E-state index in [0.29, 0.717) is 0 Å². The molecule has 0 N–H and O–H groups in total. The van der Waals surface area contributed by atoms with Crippen molar-refractivity contribution in [2.45, 2.75) is 12.1 Å². The second kappa shape index (κ2) is 5.48. The summed E-state index contributed by atoms with van der Waals surface area (Å²) >= 11 is 0. The summed E-state index contributed by atoms with van der Waals surface area (Å²) in [7, 11) is 3.06. The summed E-state index contributed by atoms with van der Waals surface area (Å²) in [6, 6.07) is 17.4. The Labute approximate surface area is 123 Å². The van der Waals surface area contributed by atoms with E-state index < -0.39 is 0 Å². The molecule has 3 rings (SSSR count). The van der Waals surface area contributed by atoms with Crippen molar-refractivity contribution in [1.82, 2.24) is 0 Å². The Balaban J connectivity index is 1.90. The second-order valence-corrected chi connectivity index (χ2v) is 4.93. The van der Waals surface area contributed by atoms with Crippen LogP contribution in [0, 0.1) is 0 Å². The van der Waals surface area contributed by atoms with E-state index in [2.05, 4.69) is 4.90 Å². The van der Waals surface area contributed by atoms with Gasteiger partial charge < -0.3 is 14.4 Å². The highest BCUT2D eigenvalue weighted by atomic mass is 16.5. The lowest BCUT2D eigenvalue weighted by molar-refractivity contribution is -0.139. The number of methoxy groups -OCH3 is 2. The minimum Gasteiger partial charge on any atom is -0.497 e. The quantitative estimate of drug-likeness (QED) is 0.639. The molecule has 4 nitrogen and oxygen atoms in total. The van der Waals surface area contributed by atoms with Crippen molar-refractivity contribution >= 4 is 11.7 Å². The zero-order valence-electron chi connectivity index (χ0n) is 12.0. The molecule has 4 heteroatoms. The molecule has 0 radical (unpaired) electrons. The van der Waals surface area contributed by atoms with Crippen molar-refractivity contribution in [1.29, 1.82) is 0 Å². The van der Waals surface area contributed by atoms with Crippen LogP contribution in [-0.2, 0) is 9.53 Å². The molecule has 1 saturated heterocycles. The predicted molar refractivity (Wildman–Crippen MR) is 80.5 cm³/mol. The normalized spacial score (nSPS) is 20.0. The largest absolute Gasteiger partial charge is 0.497 e. The molecule has 2 aromatic rings. The first-order valence-electron chi connectivity index (χ1n) is 6.81. The molecule has 2 atom stereocenters. The molecular weight excluding hydrogens is 266 g/mol. The van der Waals surface area contributed by atoms with Crippen LogP contribution in [0.5, 0.6) is 5.75 Å². The number of rotatable bonds is 4. The smallest absolute Gasteiger partial charge is 0.331 e. The fraction of sp³-hybridized carbons (Fsp3) is 0.235. The number of benzene rings is 2. The Morgan fingerprint density at radius 2 is 1.67 bits per heavy atom. The summed E-state index contributed by atoms with van der Waals surface area (Å²) in [5.41, 5.74) is 2.10. The number of carbonyl (C=O) groups excluding carboxylic acids is 1. The Morgan fingerprint density at radius 3 is 2.24 bits per heavy atom. The van der Waals surface area contributed by atoms with Gasteiger partial charge in [-0.15, -0.1) is 0 Å². The fourth-order valence-corrected chi connectivity index (χ4v) is 2.66. The van der Waals surface area contributed by atoms with Crippen LogP contribution in [0.1, 0.15) is 11.6 Å². The molecule has 1 fully saturated rings. The van der Waals surface area contributed by atoms with E-state index in [0.717, 1.165) is 17.0 Å². The third kappa shape index (κ3) is 2.44. The zero-order valence-corrected chi connectivity index (χ0v) is 12.0.